The molecule has 1 radical (unpaired) electrons. The zero-order valence-corrected chi connectivity index (χ0v) is 43.3. The van der Waals surface area contributed by atoms with E-state index in [4.69, 9.17) is 14.2 Å². The summed E-state index contributed by atoms with van der Waals surface area (Å²) in [7, 11) is 5.87. The Bertz CT molecular complexity index is 857. The standard InChI is InChI=1S/C21H42O2S.2C13H26O2S.Sn/c1-4-7-9-10-11-12-13-14-17-23-21(22)20(18-24)19(15-6-3)16-8-5-2;2*1-2-3-4-5-6-7-8-9-11-15-13(14)10-12-16;/h19-20,24H,4-18H2,1-3H3;2*16H,2-12H2,1H3;/q;;;+3/p-3. The molecular weight excluding hydrogens is 875 g/mol. The van der Waals surface area contributed by atoms with Gasteiger partial charge in [-0.05, 0) is 0 Å². The molecular formula is C47H91O6S3Sn. The number of hydrogen-bond donors (Lipinski definition) is 0. The van der Waals surface area contributed by atoms with E-state index in [1.165, 1.54) is 116 Å². The molecule has 0 amide bonds. The van der Waals surface area contributed by atoms with Crippen LogP contribution in [-0.4, -0.2) is 70.6 Å². The number of rotatable bonds is 45. The predicted molar refractivity (Wildman–Crippen MR) is 254 cm³/mol. The monoisotopic (exact) mass is 967 g/mol. The molecule has 0 aliphatic carbocycles. The van der Waals surface area contributed by atoms with Crippen LogP contribution < -0.4 is 0 Å². The topological polar surface area (TPSA) is 78.9 Å². The van der Waals surface area contributed by atoms with Crippen LogP contribution in [0.4, 0.5) is 0 Å². The van der Waals surface area contributed by atoms with Crippen LogP contribution in [0.5, 0.6) is 0 Å². The van der Waals surface area contributed by atoms with E-state index >= 15 is 0 Å². The molecule has 0 spiro atoms. The summed E-state index contributed by atoms with van der Waals surface area (Å²) in [6, 6.07) is 0. The van der Waals surface area contributed by atoms with Crippen molar-refractivity contribution in [3.05, 3.63) is 0 Å². The molecule has 0 saturated carbocycles. The van der Waals surface area contributed by atoms with Crippen molar-refractivity contribution in [1.82, 2.24) is 0 Å². The van der Waals surface area contributed by atoms with E-state index in [9.17, 15) is 14.4 Å². The molecule has 0 aromatic heterocycles. The molecule has 10 heteroatoms. The molecule has 0 aliphatic heterocycles. The van der Waals surface area contributed by atoms with Crippen molar-refractivity contribution in [3.63, 3.8) is 0 Å². The Morgan fingerprint density at radius 3 is 1.18 bits per heavy atom. The molecule has 0 fully saturated rings. The van der Waals surface area contributed by atoms with E-state index in [1.807, 2.05) is 26.8 Å². The third kappa shape index (κ3) is 38.9. The van der Waals surface area contributed by atoms with Gasteiger partial charge in [0.1, 0.15) is 0 Å². The summed E-state index contributed by atoms with van der Waals surface area (Å²) >= 11 is -2.27. The van der Waals surface area contributed by atoms with Crippen molar-refractivity contribution in [2.75, 3.05) is 37.1 Å². The van der Waals surface area contributed by atoms with Gasteiger partial charge in [0.25, 0.3) is 0 Å². The average molecular weight is 967 g/mol. The van der Waals surface area contributed by atoms with Crippen LogP contribution in [-0.2, 0) is 28.6 Å². The van der Waals surface area contributed by atoms with Crippen LogP contribution >= 0.6 is 26.8 Å². The summed E-state index contributed by atoms with van der Waals surface area (Å²) in [4.78, 5) is 39.1. The molecule has 0 aromatic carbocycles. The number of unbranched alkanes of at least 4 members (excludes halogenated alkanes) is 22. The Labute approximate surface area is 369 Å². The second-order valence-electron chi connectivity index (χ2n) is 16.1. The maximum absolute atomic E-state index is 13.7. The van der Waals surface area contributed by atoms with Crippen LogP contribution in [0.25, 0.3) is 0 Å². The van der Waals surface area contributed by atoms with Gasteiger partial charge < -0.3 is 0 Å². The Hall–Kier alpha value is 0.259. The van der Waals surface area contributed by atoms with Crippen LogP contribution in [0.2, 0.25) is 0 Å². The minimum atomic E-state index is -2.27. The fourth-order valence-electron chi connectivity index (χ4n) is 7.00. The number of carbonyl (C=O) groups is 3. The van der Waals surface area contributed by atoms with Gasteiger partial charge in [-0.25, -0.2) is 0 Å². The first-order valence-electron chi connectivity index (χ1n) is 24.2. The first kappa shape index (κ1) is 57.3. The van der Waals surface area contributed by atoms with E-state index in [0.29, 0.717) is 38.6 Å². The third-order valence-corrected chi connectivity index (χ3v) is 37.9. The predicted octanol–water partition coefficient (Wildman–Crippen LogP) is 15.2. The molecule has 0 aliphatic rings. The summed E-state index contributed by atoms with van der Waals surface area (Å²) < 4.78 is 17.2. The molecule has 57 heavy (non-hydrogen) atoms. The van der Waals surface area contributed by atoms with Gasteiger partial charge in [-0.2, -0.15) is 0 Å². The Morgan fingerprint density at radius 1 is 0.421 bits per heavy atom. The van der Waals surface area contributed by atoms with Crippen molar-refractivity contribution in [2.45, 2.75) is 234 Å². The average Bonchev–Trinajstić information content (AvgIpc) is 3.20. The summed E-state index contributed by atoms with van der Waals surface area (Å²) in [6.07, 6.45) is 35.7. The van der Waals surface area contributed by atoms with Gasteiger partial charge in [-0.1, -0.05) is 59.3 Å². The maximum atomic E-state index is 13.7. The summed E-state index contributed by atoms with van der Waals surface area (Å²) in [5.74, 6) is 2.31. The number of ether oxygens (including phenoxy) is 3. The van der Waals surface area contributed by atoms with Crippen LogP contribution in [0.15, 0.2) is 0 Å². The Balaban J connectivity index is 5.14. The normalized spacial score (nSPS) is 12.5. The molecule has 337 valence electrons. The van der Waals surface area contributed by atoms with Gasteiger partial charge in [-0.15, -0.1) is 0 Å². The van der Waals surface area contributed by atoms with Gasteiger partial charge in [0.05, 0.1) is 0 Å². The van der Waals surface area contributed by atoms with E-state index in [0.717, 1.165) is 87.9 Å². The third-order valence-electron chi connectivity index (χ3n) is 10.7. The van der Waals surface area contributed by atoms with Crippen molar-refractivity contribution in [1.29, 1.82) is 0 Å². The van der Waals surface area contributed by atoms with E-state index in [1.54, 1.807) is 0 Å². The van der Waals surface area contributed by atoms with Crippen LogP contribution in [0.3, 0.4) is 0 Å². The molecule has 2 unspecified atom stereocenters. The SMILES string of the molecule is CCCCCCCCCCOC(=O)CC[S][Sn]([S]CCC(=O)OCCCCCCCCCC)[S]CC(C(=O)OCCCCCCCCCC)C(CCC)CCCC. The van der Waals surface area contributed by atoms with Crippen LogP contribution in [0, 0.1) is 11.8 Å². The molecule has 0 aromatic rings. The van der Waals surface area contributed by atoms with Gasteiger partial charge >= 0.3 is 312 Å². The number of carbonyl (C=O) groups excluding carboxylic acids is 3. The molecule has 0 rings (SSSR count). The minimum absolute atomic E-state index is 0.00759. The summed E-state index contributed by atoms with van der Waals surface area (Å²) in [5.41, 5.74) is 0. The van der Waals surface area contributed by atoms with Crippen LogP contribution in [0.1, 0.15) is 234 Å². The quantitative estimate of drug-likeness (QED) is 0.0257. The molecule has 0 saturated heterocycles. The zero-order chi connectivity index (χ0) is 41.9. The zero-order valence-electron chi connectivity index (χ0n) is 38.0. The number of hydrogen-bond acceptors (Lipinski definition) is 9. The first-order valence-corrected chi connectivity index (χ1v) is 37.6. The molecule has 6 nitrogen and oxygen atoms in total. The van der Waals surface area contributed by atoms with Crippen molar-refractivity contribution >= 4 is 60.4 Å². The van der Waals surface area contributed by atoms with Gasteiger partial charge in [0.2, 0.25) is 0 Å². The molecule has 2 atom stereocenters. The van der Waals surface area contributed by atoms with E-state index < -0.39 is 15.6 Å². The molecule has 0 bridgehead atoms. The second-order valence-corrected chi connectivity index (χ2v) is 40.4. The second kappa shape index (κ2) is 45.8. The summed E-state index contributed by atoms with van der Waals surface area (Å²) in [6.45, 7) is 12.8. The summed E-state index contributed by atoms with van der Waals surface area (Å²) in [5, 5.41) is 0. The Kier molecular flexibility index (Phi) is 46.0. The first-order chi connectivity index (χ1) is 27.9. The number of esters is 3. The van der Waals surface area contributed by atoms with E-state index in [-0.39, 0.29) is 23.8 Å². The molecule has 0 N–H and O–H groups in total. The Morgan fingerprint density at radius 2 is 0.789 bits per heavy atom. The van der Waals surface area contributed by atoms with Gasteiger partial charge in [0, 0.05) is 0 Å². The van der Waals surface area contributed by atoms with Gasteiger partial charge in [-0.3, -0.25) is 0 Å². The van der Waals surface area contributed by atoms with Crippen molar-refractivity contribution in [3.8, 4) is 0 Å². The molecule has 0 heterocycles. The van der Waals surface area contributed by atoms with Crippen molar-refractivity contribution in [2.24, 2.45) is 11.8 Å². The van der Waals surface area contributed by atoms with E-state index in [2.05, 4.69) is 34.6 Å². The van der Waals surface area contributed by atoms with Crippen molar-refractivity contribution < 1.29 is 28.6 Å². The fraction of sp³-hybridized carbons (Fsp3) is 0.936. The fourth-order valence-corrected chi connectivity index (χ4v) is 32.8. The van der Waals surface area contributed by atoms with Gasteiger partial charge in [0.15, 0.2) is 0 Å².